The van der Waals surface area contributed by atoms with Crippen LogP contribution in [0, 0.1) is 0 Å². The largest absolute Gasteiger partial charge is 0.490 e. The number of nitrogens with one attached hydrogen (secondary N) is 1. The normalized spacial score (nSPS) is 13.8. The molecule has 170 valence electrons. The summed E-state index contributed by atoms with van der Waals surface area (Å²) in [6.45, 7) is 12.9. The van der Waals surface area contributed by atoms with Gasteiger partial charge in [0.05, 0.1) is 32.0 Å². The maximum absolute atomic E-state index is 13.4. The van der Waals surface area contributed by atoms with Crippen LogP contribution < -0.4 is 24.3 Å². The van der Waals surface area contributed by atoms with Crippen molar-refractivity contribution in [3.8, 4) is 23.0 Å². The number of amides is 1. The van der Waals surface area contributed by atoms with Crippen molar-refractivity contribution in [2.45, 2.75) is 53.4 Å². The standard InChI is InChI=1S/C23H38N2O5/c1-5-9-15-29-20-18(23(26)25-13-11-24-12-14-25)17-19(27-7-3)21(22(20)28-8-4)30-16-10-6-2/h17,24H,5-16H2,1-4H3. The third-order valence-electron chi connectivity index (χ3n) is 4.87. The number of ether oxygens (including phenoxy) is 4. The number of nitrogens with zero attached hydrogens (tertiary/aromatic N) is 1. The van der Waals surface area contributed by atoms with Gasteiger partial charge in [-0.05, 0) is 26.7 Å². The van der Waals surface area contributed by atoms with E-state index in [0.29, 0.717) is 68.1 Å². The number of rotatable bonds is 13. The maximum Gasteiger partial charge on any atom is 0.258 e. The molecule has 1 amide bonds. The first-order valence-electron chi connectivity index (χ1n) is 11.4. The van der Waals surface area contributed by atoms with Crippen LogP contribution in [0.5, 0.6) is 23.0 Å². The highest BCUT2D eigenvalue weighted by Gasteiger charge is 2.29. The Bertz CT molecular complexity index is 659. The molecule has 1 aromatic carbocycles. The summed E-state index contributed by atoms with van der Waals surface area (Å²) >= 11 is 0. The van der Waals surface area contributed by atoms with E-state index in [1.807, 2.05) is 18.7 Å². The van der Waals surface area contributed by atoms with Crippen molar-refractivity contribution in [1.29, 1.82) is 0 Å². The van der Waals surface area contributed by atoms with Gasteiger partial charge in [-0.1, -0.05) is 26.7 Å². The SMILES string of the molecule is CCCCOc1c(OCC)cc(C(=O)N2CCNCC2)c(OCCCC)c1OCC. The topological polar surface area (TPSA) is 69.3 Å². The molecular weight excluding hydrogens is 384 g/mol. The Kier molecular flexibility index (Phi) is 10.6. The van der Waals surface area contributed by atoms with Crippen molar-refractivity contribution in [3.63, 3.8) is 0 Å². The second-order valence-corrected chi connectivity index (χ2v) is 7.22. The molecular formula is C23H38N2O5. The lowest BCUT2D eigenvalue weighted by Gasteiger charge is -2.29. The van der Waals surface area contributed by atoms with Crippen molar-refractivity contribution in [2.75, 3.05) is 52.6 Å². The quantitative estimate of drug-likeness (QED) is 0.487. The maximum atomic E-state index is 13.4. The average molecular weight is 423 g/mol. The molecule has 0 atom stereocenters. The molecule has 0 unspecified atom stereocenters. The summed E-state index contributed by atoms with van der Waals surface area (Å²) < 4.78 is 24.1. The van der Waals surface area contributed by atoms with Gasteiger partial charge < -0.3 is 29.2 Å². The fourth-order valence-electron chi connectivity index (χ4n) is 3.25. The second-order valence-electron chi connectivity index (χ2n) is 7.22. The van der Waals surface area contributed by atoms with Crippen molar-refractivity contribution in [1.82, 2.24) is 10.2 Å². The minimum atomic E-state index is -0.0648. The van der Waals surface area contributed by atoms with Gasteiger partial charge in [0, 0.05) is 32.2 Å². The molecule has 7 nitrogen and oxygen atoms in total. The van der Waals surface area contributed by atoms with E-state index >= 15 is 0 Å². The zero-order valence-corrected chi connectivity index (χ0v) is 19.1. The van der Waals surface area contributed by atoms with Crippen LogP contribution in [0.2, 0.25) is 0 Å². The van der Waals surface area contributed by atoms with E-state index in [0.717, 1.165) is 38.8 Å². The summed E-state index contributed by atoms with van der Waals surface area (Å²) in [5.74, 6) is 1.91. The third-order valence-corrected chi connectivity index (χ3v) is 4.87. The van der Waals surface area contributed by atoms with Crippen LogP contribution in [0.25, 0.3) is 0 Å². The number of carbonyl (C=O) groups excluding carboxylic acids is 1. The Labute approximate surface area is 181 Å². The molecule has 1 heterocycles. The van der Waals surface area contributed by atoms with Crippen LogP contribution in [0.4, 0.5) is 0 Å². The van der Waals surface area contributed by atoms with Crippen LogP contribution in [-0.2, 0) is 0 Å². The lowest BCUT2D eigenvalue weighted by atomic mass is 10.1. The van der Waals surface area contributed by atoms with Crippen LogP contribution >= 0.6 is 0 Å². The van der Waals surface area contributed by atoms with E-state index in [-0.39, 0.29) is 5.91 Å². The Morgan fingerprint density at radius 2 is 1.47 bits per heavy atom. The summed E-state index contributed by atoms with van der Waals surface area (Å²) in [5, 5.41) is 3.28. The third kappa shape index (κ3) is 6.42. The van der Waals surface area contributed by atoms with E-state index in [4.69, 9.17) is 18.9 Å². The van der Waals surface area contributed by atoms with E-state index in [1.54, 1.807) is 6.07 Å². The monoisotopic (exact) mass is 422 g/mol. The molecule has 0 saturated carbocycles. The number of hydrogen-bond donors (Lipinski definition) is 1. The Hall–Kier alpha value is -2.15. The lowest BCUT2D eigenvalue weighted by molar-refractivity contribution is 0.0729. The number of hydrogen-bond acceptors (Lipinski definition) is 6. The van der Waals surface area contributed by atoms with Crippen molar-refractivity contribution in [3.05, 3.63) is 11.6 Å². The molecule has 30 heavy (non-hydrogen) atoms. The summed E-state index contributed by atoms with van der Waals surface area (Å²) in [4.78, 5) is 15.3. The number of carbonyl (C=O) groups is 1. The van der Waals surface area contributed by atoms with Crippen molar-refractivity contribution in [2.24, 2.45) is 0 Å². The predicted molar refractivity (Wildman–Crippen MR) is 118 cm³/mol. The Balaban J connectivity index is 2.53. The summed E-state index contributed by atoms with van der Waals surface area (Å²) in [7, 11) is 0. The number of unbranched alkanes of at least 4 members (excludes halogenated alkanes) is 2. The molecule has 0 bridgehead atoms. The summed E-state index contributed by atoms with van der Waals surface area (Å²) in [6.07, 6.45) is 3.84. The van der Waals surface area contributed by atoms with Crippen LogP contribution in [-0.4, -0.2) is 63.4 Å². The molecule has 1 aliphatic heterocycles. The smallest absolute Gasteiger partial charge is 0.258 e. The van der Waals surface area contributed by atoms with Gasteiger partial charge in [0.2, 0.25) is 11.5 Å². The van der Waals surface area contributed by atoms with Gasteiger partial charge in [-0.25, -0.2) is 0 Å². The molecule has 1 aliphatic rings. The van der Waals surface area contributed by atoms with Crippen molar-refractivity contribution >= 4 is 5.91 Å². The highest BCUT2D eigenvalue weighted by molar-refractivity contribution is 5.99. The number of piperazine rings is 1. The highest BCUT2D eigenvalue weighted by Crippen LogP contribution is 2.48. The molecule has 1 N–H and O–H groups in total. The van der Waals surface area contributed by atoms with Gasteiger partial charge in [-0.15, -0.1) is 0 Å². The van der Waals surface area contributed by atoms with Gasteiger partial charge in [0.15, 0.2) is 11.5 Å². The number of benzene rings is 1. The zero-order valence-electron chi connectivity index (χ0n) is 19.1. The van der Waals surface area contributed by atoms with Gasteiger partial charge in [0.1, 0.15) is 0 Å². The molecule has 7 heteroatoms. The molecule has 2 rings (SSSR count). The Morgan fingerprint density at radius 3 is 2.03 bits per heavy atom. The summed E-state index contributed by atoms with van der Waals surface area (Å²) in [6, 6.07) is 1.76. The van der Waals surface area contributed by atoms with E-state index in [1.165, 1.54) is 0 Å². The first-order valence-corrected chi connectivity index (χ1v) is 11.4. The van der Waals surface area contributed by atoms with Crippen LogP contribution in [0.15, 0.2) is 6.07 Å². The highest BCUT2D eigenvalue weighted by atomic mass is 16.6. The van der Waals surface area contributed by atoms with E-state index < -0.39 is 0 Å². The molecule has 1 aromatic rings. The average Bonchev–Trinajstić information content (AvgIpc) is 2.77. The second kappa shape index (κ2) is 13.2. The first kappa shape index (κ1) is 24.1. The summed E-state index contributed by atoms with van der Waals surface area (Å²) in [5.41, 5.74) is 0.475. The van der Waals surface area contributed by atoms with Gasteiger partial charge in [-0.2, -0.15) is 0 Å². The fraction of sp³-hybridized carbons (Fsp3) is 0.696. The predicted octanol–water partition coefficient (Wildman–Crippen LogP) is 3.89. The van der Waals surface area contributed by atoms with Crippen LogP contribution in [0.3, 0.4) is 0 Å². The van der Waals surface area contributed by atoms with E-state index in [2.05, 4.69) is 19.2 Å². The fourth-order valence-corrected chi connectivity index (χ4v) is 3.25. The van der Waals surface area contributed by atoms with Gasteiger partial charge in [-0.3, -0.25) is 4.79 Å². The minimum absolute atomic E-state index is 0.0648. The molecule has 1 saturated heterocycles. The Morgan fingerprint density at radius 1 is 0.867 bits per heavy atom. The molecule has 1 fully saturated rings. The minimum Gasteiger partial charge on any atom is -0.490 e. The van der Waals surface area contributed by atoms with Gasteiger partial charge in [0.25, 0.3) is 5.91 Å². The van der Waals surface area contributed by atoms with Crippen LogP contribution in [0.1, 0.15) is 63.7 Å². The molecule has 0 radical (unpaired) electrons. The van der Waals surface area contributed by atoms with Crippen molar-refractivity contribution < 1.29 is 23.7 Å². The molecule has 0 aliphatic carbocycles. The zero-order chi connectivity index (χ0) is 21.8. The first-order chi connectivity index (χ1) is 14.7. The van der Waals surface area contributed by atoms with Gasteiger partial charge >= 0.3 is 0 Å². The molecule has 0 spiro atoms. The molecule has 0 aromatic heterocycles. The van der Waals surface area contributed by atoms with E-state index in [9.17, 15) is 4.79 Å². The lowest BCUT2D eigenvalue weighted by Crippen LogP contribution is -2.46.